The van der Waals surface area contributed by atoms with Crippen LogP contribution in [0.4, 0.5) is 18.9 Å². The molecule has 1 aromatic heterocycles. The second-order valence-electron chi connectivity index (χ2n) is 12.8. The number of carbonyl (C=O) groups is 2. The number of allylic oxidation sites excluding steroid dienone is 1. The van der Waals surface area contributed by atoms with Crippen LogP contribution in [0, 0.1) is 11.8 Å². The summed E-state index contributed by atoms with van der Waals surface area (Å²) in [5.74, 6) is -5.92. The Hall–Kier alpha value is -5.34. The molecule has 4 atom stereocenters. The van der Waals surface area contributed by atoms with Crippen molar-refractivity contribution in [2.24, 2.45) is 11.8 Å². The second kappa shape index (κ2) is 12.2. The molecule has 1 heterocycles. The van der Waals surface area contributed by atoms with Gasteiger partial charge in [0.1, 0.15) is 30.3 Å². The van der Waals surface area contributed by atoms with Crippen LogP contribution in [0.3, 0.4) is 0 Å². The van der Waals surface area contributed by atoms with Crippen LogP contribution in [-0.4, -0.2) is 57.9 Å². The molecule has 0 unspecified atom stereocenters. The predicted octanol–water partition coefficient (Wildman–Crippen LogP) is 5.73. The van der Waals surface area contributed by atoms with Crippen molar-refractivity contribution in [3.63, 3.8) is 0 Å². The van der Waals surface area contributed by atoms with Crippen molar-refractivity contribution in [1.82, 2.24) is 10.1 Å². The summed E-state index contributed by atoms with van der Waals surface area (Å²) in [5, 5.41) is 28.2. The van der Waals surface area contributed by atoms with E-state index >= 15 is 0 Å². The standard InChI is InChI=1S/C36H32F3N3O8/c1-42(2)28-22-14-20-13-21-24(49-36(37,38)39)15-23(40)30(47-16-18-9-5-3-6-10-18)26(21)29(43)25(20)32(44)35(22,46)33(45)27-31(28)50-41-34(27)48-17-19-11-7-4-8-12-19/h3-12,15,20,22,28,44,46H,13-14,16-17,40H2,1-2H3/t20-,22-,28-,35-/m0/s1. The lowest BCUT2D eigenvalue weighted by atomic mass is 9.58. The Morgan fingerprint density at radius 2 is 1.62 bits per heavy atom. The average molecular weight is 692 g/mol. The van der Waals surface area contributed by atoms with Gasteiger partial charge < -0.3 is 34.7 Å². The zero-order valence-corrected chi connectivity index (χ0v) is 26.9. The fourth-order valence-electron chi connectivity index (χ4n) is 7.39. The number of anilines is 1. The third kappa shape index (κ3) is 5.44. The van der Waals surface area contributed by atoms with Gasteiger partial charge in [-0.1, -0.05) is 60.7 Å². The van der Waals surface area contributed by atoms with Gasteiger partial charge in [-0.3, -0.25) is 14.5 Å². The third-order valence-corrected chi connectivity index (χ3v) is 9.53. The highest BCUT2D eigenvalue weighted by molar-refractivity contribution is 6.17. The molecule has 0 saturated carbocycles. The van der Waals surface area contributed by atoms with Crippen molar-refractivity contribution in [2.45, 2.75) is 44.1 Å². The number of nitrogens with two attached hydrogens (primary N) is 1. The number of hydrogen-bond acceptors (Lipinski definition) is 11. The fraction of sp³-hybridized carbons (Fsp3) is 0.306. The van der Waals surface area contributed by atoms with Gasteiger partial charge in [0, 0.05) is 23.1 Å². The zero-order chi connectivity index (χ0) is 35.5. The predicted molar refractivity (Wildman–Crippen MR) is 171 cm³/mol. The highest BCUT2D eigenvalue weighted by Gasteiger charge is 2.64. The molecule has 4 aromatic rings. The number of carbonyl (C=O) groups excluding carboxylic acids is 2. The average Bonchev–Trinajstić information content (AvgIpc) is 3.49. The number of hydrogen-bond donors (Lipinski definition) is 3. The van der Waals surface area contributed by atoms with E-state index in [9.17, 15) is 33.0 Å². The number of aliphatic hydroxyl groups excluding tert-OH is 1. The van der Waals surface area contributed by atoms with Crippen LogP contribution in [0.5, 0.6) is 17.4 Å². The number of ether oxygens (including phenoxy) is 3. The van der Waals surface area contributed by atoms with Crippen LogP contribution < -0.4 is 19.9 Å². The quantitative estimate of drug-likeness (QED) is 0.194. The lowest BCUT2D eigenvalue weighted by Gasteiger charge is -2.49. The molecule has 0 amide bonds. The smallest absolute Gasteiger partial charge is 0.508 e. The van der Waals surface area contributed by atoms with Crippen molar-refractivity contribution < 1.29 is 51.7 Å². The number of fused-ring (bicyclic) bond motifs is 4. The number of ketones is 2. The lowest BCUT2D eigenvalue weighted by molar-refractivity contribution is -0.274. The first-order chi connectivity index (χ1) is 23.8. The second-order valence-corrected chi connectivity index (χ2v) is 12.8. The fourth-order valence-corrected chi connectivity index (χ4v) is 7.39. The van der Waals surface area contributed by atoms with E-state index in [0.717, 1.165) is 11.6 Å². The lowest BCUT2D eigenvalue weighted by Crippen LogP contribution is -2.59. The van der Waals surface area contributed by atoms with Crippen molar-refractivity contribution in [3.8, 4) is 17.4 Å². The molecular formula is C36H32F3N3O8. The topological polar surface area (TPSA) is 158 Å². The van der Waals surface area contributed by atoms with E-state index in [0.29, 0.717) is 5.56 Å². The molecule has 0 saturated heterocycles. The van der Waals surface area contributed by atoms with Gasteiger partial charge >= 0.3 is 6.36 Å². The van der Waals surface area contributed by atoms with Crippen LogP contribution >= 0.6 is 0 Å². The zero-order valence-electron chi connectivity index (χ0n) is 26.9. The highest BCUT2D eigenvalue weighted by atomic mass is 19.4. The Balaban J connectivity index is 1.34. The molecule has 0 fully saturated rings. The minimum atomic E-state index is -5.12. The van der Waals surface area contributed by atoms with E-state index in [1.165, 1.54) is 0 Å². The minimum absolute atomic E-state index is 0.0154. The van der Waals surface area contributed by atoms with Gasteiger partial charge in [-0.25, -0.2) is 0 Å². The summed E-state index contributed by atoms with van der Waals surface area (Å²) in [6, 6.07) is 18.0. The molecule has 3 aliphatic carbocycles. The van der Waals surface area contributed by atoms with E-state index in [-0.39, 0.29) is 71.4 Å². The number of aromatic nitrogens is 1. The Kier molecular flexibility index (Phi) is 8.10. The first-order valence-corrected chi connectivity index (χ1v) is 15.8. The van der Waals surface area contributed by atoms with E-state index in [4.69, 9.17) is 19.7 Å². The summed E-state index contributed by atoms with van der Waals surface area (Å²) in [6.45, 7) is -0.0722. The Morgan fingerprint density at radius 3 is 2.22 bits per heavy atom. The van der Waals surface area contributed by atoms with Gasteiger partial charge in [0.25, 0.3) is 5.88 Å². The van der Waals surface area contributed by atoms with Gasteiger partial charge in [0.2, 0.25) is 5.78 Å². The van der Waals surface area contributed by atoms with E-state index in [1.807, 2.05) is 18.2 Å². The number of nitrogen functional groups attached to an aromatic ring is 1. The number of halogens is 3. The summed E-state index contributed by atoms with van der Waals surface area (Å²) in [6.07, 6.45) is -5.45. The first-order valence-electron chi connectivity index (χ1n) is 15.8. The number of alkyl halides is 3. The number of nitrogens with zero attached hydrogens (tertiary/aromatic N) is 2. The number of Topliss-reactive ketones (excluding diaryl/α,β-unsaturated/α-hetero) is 2. The van der Waals surface area contributed by atoms with Gasteiger partial charge in [-0.15, -0.1) is 13.2 Å². The van der Waals surface area contributed by atoms with Gasteiger partial charge in [0.05, 0.1) is 17.3 Å². The molecule has 0 spiro atoms. The molecule has 14 heteroatoms. The van der Waals surface area contributed by atoms with Crippen LogP contribution in [0.25, 0.3) is 0 Å². The van der Waals surface area contributed by atoms with Crippen LogP contribution in [0.1, 0.15) is 55.6 Å². The largest absolute Gasteiger partial charge is 0.573 e. The summed E-state index contributed by atoms with van der Waals surface area (Å²) in [4.78, 5) is 30.4. The van der Waals surface area contributed by atoms with Gasteiger partial charge in [-0.05, 0) is 49.1 Å². The first kappa shape index (κ1) is 33.2. The summed E-state index contributed by atoms with van der Waals surface area (Å²) in [5.41, 5.74) is 3.68. The van der Waals surface area contributed by atoms with Crippen molar-refractivity contribution in [3.05, 3.63) is 112 Å². The van der Waals surface area contributed by atoms with Crippen molar-refractivity contribution in [2.75, 3.05) is 19.8 Å². The SMILES string of the molecule is CN(C)[C@@H]1c2onc(OCc3ccccc3)c2C(=O)[C@@]2(O)C(O)=C3C(=O)c4c(c(OC(F)(F)F)cc(N)c4OCc4ccccc4)C[C@H]3C[C@@H]12. The van der Waals surface area contributed by atoms with Crippen molar-refractivity contribution in [1.29, 1.82) is 0 Å². The summed E-state index contributed by atoms with van der Waals surface area (Å²) < 4.78 is 62.7. The molecule has 50 heavy (non-hydrogen) atoms. The number of benzene rings is 3. The molecule has 11 nitrogen and oxygen atoms in total. The number of aliphatic hydroxyl groups is 2. The molecular weight excluding hydrogens is 659 g/mol. The number of rotatable bonds is 8. The Bertz CT molecular complexity index is 2010. The maximum absolute atomic E-state index is 14.4. The van der Waals surface area contributed by atoms with E-state index in [2.05, 4.69) is 9.89 Å². The van der Waals surface area contributed by atoms with Crippen molar-refractivity contribution >= 4 is 17.3 Å². The molecule has 4 N–H and O–H groups in total. The van der Waals surface area contributed by atoms with Crippen LogP contribution in [-0.2, 0) is 19.6 Å². The molecule has 0 radical (unpaired) electrons. The maximum atomic E-state index is 14.4. The minimum Gasteiger partial charge on any atom is -0.508 e. The van der Waals surface area contributed by atoms with E-state index in [1.54, 1.807) is 61.5 Å². The van der Waals surface area contributed by atoms with E-state index < -0.39 is 52.9 Å². The molecule has 3 aliphatic rings. The molecule has 0 aliphatic heterocycles. The van der Waals surface area contributed by atoms with Crippen LogP contribution in [0.2, 0.25) is 0 Å². The monoisotopic (exact) mass is 691 g/mol. The summed E-state index contributed by atoms with van der Waals surface area (Å²) in [7, 11) is 3.34. The Morgan fingerprint density at radius 1 is 1.00 bits per heavy atom. The third-order valence-electron chi connectivity index (χ3n) is 9.53. The molecule has 260 valence electrons. The molecule has 0 bridgehead atoms. The highest BCUT2D eigenvalue weighted by Crippen LogP contribution is 2.57. The Labute approximate surface area is 283 Å². The maximum Gasteiger partial charge on any atom is 0.573 e. The van der Waals surface area contributed by atoms with Gasteiger partial charge in [-0.2, -0.15) is 0 Å². The normalized spacial score (nSPS) is 22.8. The molecule has 7 rings (SSSR count). The van der Waals surface area contributed by atoms with Crippen LogP contribution in [0.15, 0.2) is 82.6 Å². The molecule has 3 aromatic carbocycles. The van der Waals surface area contributed by atoms with Gasteiger partial charge in [0.15, 0.2) is 22.9 Å². The summed E-state index contributed by atoms with van der Waals surface area (Å²) >= 11 is 0.